The van der Waals surface area contributed by atoms with Crippen LogP contribution in [-0.2, 0) is 0 Å². The minimum Gasteiger partial charge on any atom is -0.311 e. The van der Waals surface area contributed by atoms with Crippen molar-refractivity contribution in [2.75, 3.05) is 19.6 Å². The van der Waals surface area contributed by atoms with Crippen LogP contribution in [-0.4, -0.2) is 36.6 Å². The summed E-state index contributed by atoms with van der Waals surface area (Å²) in [4.78, 5) is 2.58. The van der Waals surface area contributed by atoms with Gasteiger partial charge in [0.25, 0.3) is 0 Å². The van der Waals surface area contributed by atoms with Gasteiger partial charge in [-0.05, 0) is 51.7 Å². The van der Waals surface area contributed by atoms with Gasteiger partial charge in [-0.25, -0.2) is 0 Å². The standard InChI is InChI=1S/C14H30N2/c1-5-12(3)13(4)15-14-8-7-10-16(6-2)11-9-14/h12-15H,5-11H2,1-4H3. The highest BCUT2D eigenvalue weighted by Gasteiger charge is 2.19. The molecule has 1 heterocycles. The normalized spacial score (nSPS) is 27.4. The molecular weight excluding hydrogens is 196 g/mol. The van der Waals surface area contributed by atoms with E-state index < -0.39 is 0 Å². The van der Waals surface area contributed by atoms with Crippen LogP contribution >= 0.6 is 0 Å². The minimum atomic E-state index is 0.670. The van der Waals surface area contributed by atoms with E-state index in [-0.39, 0.29) is 0 Å². The molecule has 16 heavy (non-hydrogen) atoms. The van der Waals surface area contributed by atoms with Gasteiger partial charge < -0.3 is 10.2 Å². The summed E-state index contributed by atoms with van der Waals surface area (Å²) in [5.74, 6) is 0.797. The minimum absolute atomic E-state index is 0.670. The van der Waals surface area contributed by atoms with Crippen molar-refractivity contribution < 1.29 is 0 Å². The van der Waals surface area contributed by atoms with Crippen molar-refractivity contribution in [1.29, 1.82) is 0 Å². The third-order valence-electron chi connectivity index (χ3n) is 4.26. The van der Waals surface area contributed by atoms with E-state index in [1.807, 2.05) is 0 Å². The highest BCUT2D eigenvalue weighted by atomic mass is 15.1. The van der Waals surface area contributed by atoms with Crippen LogP contribution in [0, 0.1) is 5.92 Å². The number of rotatable bonds is 5. The molecule has 96 valence electrons. The number of hydrogen-bond donors (Lipinski definition) is 1. The molecule has 1 rings (SSSR count). The molecule has 2 nitrogen and oxygen atoms in total. The van der Waals surface area contributed by atoms with Crippen LogP contribution in [0.25, 0.3) is 0 Å². The summed E-state index contributed by atoms with van der Waals surface area (Å²) in [5.41, 5.74) is 0. The summed E-state index contributed by atoms with van der Waals surface area (Å²) in [6, 6.07) is 1.42. The van der Waals surface area contributed by atoms with Gasteiger partial charge in [-0.1, -0.05) is 27.2 Å². The third-order valence-corrected chi connectivity index (χ3v) is 4.26. The molecule has 1 saturated heterocycles. The monoisotopic (exact) mass is 226 g/mol. The fraction of sp³-hybridized carbons (Fsp3) is 1.00. The van der Waals surface area contributed by atoms with Gasteiger partial charge in [-0.3, -0.25) is 0 Å². The molecule has 1 fully saturated rings. The van der Waals surface area contributed by atoms with E-state index in [9.17, 15) is 0 Å². The molecule has 0 bridgehead atoms. The smallest absolute Gasteiger partial charge is 0.00823 e. The number of nitrogens with zero attached hydrogens (tertiary/aromatic N) is 1. The maximum Gasteiger partial charge on any atom is 0.00823 e. The summed E-state index contributed by atoms with van der Waals surface area (Å²) < 4.78 is 0. The van der Waals surface area contributed by atoms with Crippen LogP contribution in [0.15, 0.2) is 0 Å². The van der Waals surface area contributed by atoms with Crippen molar-refractivity contribution in [3.8, 4) is 0 Å². The van der Waals surface area contributed by atoms with Crippen LogP contribution in [0.3, 0.4) is 0 Å². The molecule has 1 aliphatic heterocycles. The lowest BCUT2D eigenvalue weighted by molar-refractivity contribution is 0.289. The van der Waals surface area contributed by atoms with E-state index in [2.05, 4.69) is 37.9 Å². The van der Waals surface area contributed by atoms with Crippen LogP contribution in [0.2, 0.25) is 0 Å². The Morgan fingerprint density at radius 2 is 1.94 bits per heavy atom. The van der Waals surface area contributed by atoms with Gasteiger partial charge in [0.1, 0.15) is 0 Å². The first-order valence-electron chi connectivity index (χ1n) is 7.15. The molecule has 0 radical (unpaired) electrons. The Morgan fingerprint density at radius 3 is 2.56 bits per heavy atom. The Morgan fingerprint density at radius 1 is 1.19 bits per heavy atom. The second-order valence-electron chi connectivity index (χ2n) is 5.40. The quantitative estimate of drug-likeness (QED) is 0.775. The average molecular weight is 226 g/mol. The average Bonchev–Trinajstić information content (AvgIpc) is 2.53. The molecule has 0 aliphatic carbocycles. The van der Waals surface area contributed by atoms with Gasteiger partial charge in [0.05, 0.1) is 0 Å². The molecule has 0 spiro atoms. The van der Waals surface area contributed by atoms with Crippen molar-refractivity contribution in [1.82, 2.24) is 10.2 Å². The highest BCUT2D eigenvalue weighted by Crippen LogP contribution is 2.14. The van der Waals surface area contributed by atoms with Gasteiger partial charge in [-0.15, -0.1) is 0 Å². The van der Waals surface area contributed by atoms with Crippen molar-refractivity contribution in [3.05, 3.63) is 0 Å². The van der Waals surface area contributed by atoms with Gasteiger partial charge >= 0.3 is 0 Å². The Kier molecular flexibility index (Phi) is 6.37. The van der Waals surface area contributed by atoms with Crippen LogP contribution in [0.5, 0.6) is 0 Å². The Bertz CT molecular complexity index is 182. The first kappa shape index (κ1) is 14.0. The zero-order chi connectivity index (χ0) is 12.0. The fourth-order valence-electron chi connectivity index (χ4n) is 2.53. The summed E-state index contributed by atoms with van der Waals surface area (Å²) in [6.07, 6.45) is 5.33. The van der Waals surface area contributed by atoms with Crippen LogP contribution in [0.4, 0.5) is 0 Å². The van der Waals surface area contributed by atoms with Gasteiger partial charge in [0.2, 0.25) is 0 Å². The third kappa shape index (κ3) is 4.42. The van der Waals surface area contributed by atoms with E-state index in [0.717, 1.165) is 12.0 Å². The Labute approximate surface area is 102 Å². The first-order chi connectivity index (χ1) is 7.67. The van der Waals surface area contributed by atoms with E-state index in [1.165, 1.54) is 45.3 Å². The predicted molar refractivity (Wildman–Crippen MR) is 71.8 cm³/mol. The fourth-order valence-corrected chi connectivity index (χ4v) is 2.53. The van der Waals surface area contributed by atoms with Crippen molar-refractivity contribution in [2.45, 2.75) is 65.5 Å². The van der Waals surface area contributed by atoms with Gasteiger partial charge in [0, 0.05) is 12.1 Å². The molecule has 1 N–H and O–H groups in total. The number of hydrogen-bond acceptors (Lipinski definition) is 2. The van der Waals surface area contributed by atoms with E-state index in [1.54, 1.807) is 0 Å². The molecule has 0 aromatic heterocycles. The second kappa shape index (κ2) is 7.29. The maximum absolute atomic E-state index is 3.83. The molecular formula is C14H30N2. The molecule has 3 unspecified atom stereocenters. The van der Waals surface area contributed by atoms with Crippen molar-refractivity contribution in [3.63, 3.8) is 0 Å². The summed E-state index contributed by atoms with van der Waals surface area (Å²) in [5, 5.41) is 3.83. The number of likely N-dealkylation sites (tertiary alicyclic amines) is 1. The van der Waals surface area contributed by atoms with Gasteiger partial charge in [-0.2, -0.15) is 0 Å². The topological polar surface area (TPSA) is 15.3 Å². The van der Waals surface area contributed by atoms with Gasteiger partial charge in [0.15, 0.2) is 0 Å². The lowest BCUT2D eigenvalue weighted by Crippen LogP contribution is -2.40. The molecule has 0 amide bonds. The van der Waals surface area contributed by atoms with Crippen molar-refractivity contribution >= 4 is 0 Å². The maximum atomic E-state index is 3.83. The molecule has 0 aromatic rings. The Hall–Kier alpha value is -0.0800. The summed E-state index contributed by atoms with van der Waals surface area (Å²) >= 11 is 0. The second-order valence-corrected chi connectivity index (χ2v) is 5.40. The van der Waals surface area contributed by atoms with Crippen molar-refractivity contribution in [2.24, 2.45) is 5.92 Å². The lowest BCUT2D eigenvalue weighted by Gasteiger charge is -2.26. The predicted octanol–water partition coefficient (Wildman–Crippen LogP) is 2.89. The van der Waals surface area contributed by atoms with E-state index in [0.29, 0.717) is 6.04 Å². The van der Waals surface area contributed by atoms with E-state index in [4.69, 9.17) is 0 Å². The number of nitrogens with one attached hydrogen (secondary N) is 1. The lowest BCUT2D eigenvalue weighted by atomic mass is 9.98. The first-order valence-corrected chi connectivity index (χ1v) is 7.15. The molecule has 1 aliphatic rings. The zero-order valence-electron chi connectivity index (χ0n) is 11.6. The SMILES string of the molecule is CCC(C)C(C)NC1CCCN(CC)CC1. The molecule has 0 saturated carbocycles. The highest BCUT2D eigenvalue weighted by molar-refractivity contribution is 4.78. The zero-order valence-corrected chi connectivity index (χ0v) is 11.6. The largest absolute Gasteiger partial charge is 0.311 e. The summed E-state index contributed by atoms with van der Waals surface area (Å²) in [6.45, 7) is 13.1. The molecule has 0 aromatic carbocycles. The molecule has 2 heteroatoms. The Balaban J connectivity index is 2.32. The summed E-state index contributed by atoms with van der Waals surface area (Å²) in [7, 11) is 0. The molecule has 3 atom stereocenters. The van der Waals surface area contributed by atoms with E-state index >= 15 is 0 Å². The van der Waals surface area contributed by atoms with Crippen LogP contribution < -0.4 is 5.32 Å². The van der Waals surface area contributed by atoms with Crippen LogP contribution in [0.1, 0.15) is 53.4 Å².